The average Bonchev–Trinajstić information content (AvgIpc) is 2.68. The molecule has 1 aromatic rings. The number of amides is 1. The van der Waals surface area contributed by atoms with Gasteiger partial charge in [-0.05, 0) is 18.6 Å². The highest BCUT2D eigenvalue weighted by molar-refractivity contribution is 6.56. The van der Waals surface area contributed by atoms with E-state index in [1.165, 1.54) is 24.1 Å². The number of hydrogen-bond acceptors (Lipinski definition) is 4. The van der Waals surface area contributed by atoms with Gasteiger partial charge in [0, 0.05) is 13.0 Å². The summed E-state index contributed by atoms with van der Waals surface area (Å²) in [4.78, 5) is 36.2. The average molecular weight is 316 g/mol. The Hall–Kier alpha value is -1.59. The lowest BCUT2D eigenvalue weighted by Gasteiger charge is -2.17. The number of carbonyl (C=O) groups is 3. The van der Waals surface area contributed by atoms with Crippen molar-refractivity contribution in [3.8, 4) is 0 Å². The number of halogens is 2. The summed E-state index contributed by atoms with van der Waals surface area (Å²) in [6.07, 6.45) is 0.524. The molecule has 1 amide bonds. The summed E-state index contributed by atoms with van der Waals surface area (Å²) >= 11 is 12.0. The highest BCUT2D eigenvalue weighted by Crippen LogP contribution is 2.39. The second kappa shape index (κ2) is 5.81. The van der Waals surface area contributed by atoms with E-state index in [1.54, 1.807) is 0 Å². The number of benzene rings is 1. The Morgan fingerprint density at radius 2 is 1.90 bits per heavy atom. The molecule has 0 aliphatic carbocycles. The first-order valence-corrected chi connectivity index (χ1v) is 6.64. The van der Waals surface area contributed by atoms with Crippen molar-refractivity contribution in [2.24, 2.45) is 0 Å². The Morgan fingerprint density at radius 1 is 1.25 bits per heavy atom. The third-order valence-electron chi connectivity index (χ3n) is 3.00. The molecule has 0 N–H and O–H groups in total. The zero-order valence-electron chi connectivity index (χ0n) is 10.6. The molecule has 7 heteroatoms. The topological polar surface area (TPSA) is 63.7 Å². The van der Waals surface area contributed by atoms with Crippen LogP contribution >= 0.6 is 23.2 Å². The van der Waals surface area contributed by atoms with Crippen molar-refractivity contribution in [3.05, 3.63) is 27.7 Å². The summed E-state index contributed by atoms with van der Waals surface area (Å²) in [6.45, 7) is 0.201. The molecule has 2 rings (SSSR count). The summed E-state index contributed by atoms with van der Waals surface area (Å²) in [7, 11) is 1.29. The van der Waals surface area contributed by atoms with Gasteiger partial charge in [0.2, 0.25) is 0 Å². The molecule has 0 saturated heterocycles. The Kier molecular flexibility index (Phi) is 4.30. The number of rotatable bonds is 4. The van der Waals surface area contributed by atoms with E-state index in [0.717, 1.165) is 0 Å². The maximum absolute atomic E-state index is 12.0. The Bertz CT molecular complexity index is 600. The van der Waals surface area contributed by atoms with E-state index < -0.39 is 11.7 Å². The summed E-state index contributed by atoms with van der Waals surface area (Å²) in [5, 5.41) is 0.472. The van der Waals surface area contributed by atoms with Crippen LogP contribution in [0, 0.1) is 0 Å². The Morgan fingerprint density at radius 3 is 2.55 bits per heavy atom. The summed E-state index contributed by atoms with van der Waals surface area (Å²) in [5.41, 5.74) is 0.446. The van der Waals surface area contributed by atoms with E-state index in [2.05, 4.69) is 4.74 Å². The van der Waals surface area contributed by atoms with Crippen LogP contribution in [-0.4, -0.2) is 31.3 Å². The number of esters is 1. The van der Waals surface area contributed by atoms with Gasteiger partial charge in [-0.25, -0.2) is 0 Å². The van der Waals surface area contributed by atoms with Crippen molar-refractivity contribution in [1.29, 1.82) is 0 Å². The second-order valence-electron chi connectivity index (χ2n) is 4.22. The van der Waals surface area contributed by atoms with Gasteiger partial charge in [0.1, 0.15) is 0 Å². The molecule has 0 fully saturated rings. The molecule has 0 radical (unpaired) electrons. The fraction of sp³-hybridized carbons (Fsp3) is 0.308. The zero-order valence-corrected chi connectivity index (χ0v) is 12.1. The Balaban J connectivity index is 2.25. The van der Waals surface area contributed by atoms with E-state index in [1.807, 2.05) is 0 Å². The van der Waals surface area contributed by atoms with Crippen molar-refractivity contribution in [2.75, 3.05) is 18.6 Å². The lowest BCUT2D eigenvalue weighted by Crippen LogP contribution is -2.31. The van der Waals surface area contributed by atoms with Crippen molar-refractivity contribution >= 4 is 46.5 Å². The summed E-state index contributed by atoms with van der Waals surface area (Å²) < 4.78 is 4.52. The number of anilines is 1. The third-order valence-corrected chi connectivity index (χ3v) is 3.62. The molecule has 0 atom stereocenters. The molecule has 0 bridgehead atoms. The van der Waals surface area contributed by atoms with E-state index in [9.17, 15) is 14.4 Å². The number of fused-ring (bicyclic) bond motifs is 1. The van der Waals surface area contributed by atoms with Gasteiger partial charge in [-0.1, -0.05) is 23.2 Å². The summed E-state index contributed by atoms with van der Waals surface area (Å²) in [6, 6.07) is 3.01. The van der Waals surface area contributed by atoms with Crippen LogP contribution in [0.25, 0.3) is 0 Å². The fourth-order valence-corrected chi connectivity index (χ4v) is 2.55. The van der Waals surface area contributed by atoms with Crippen molar-refractivity contribution in [1.82, 2.24) is 0 Å². The molecule has 0 saturated carbocycles. The van der Waals surface area contributed by atoms with E-state index in [-0.39, 0.29) is 34.5 Å². The van der Waals surface area contributed by atoms with Gasteiger partial charge in [0.05, 0.1) is 28.4 Å². The van der Waals surface area contributed by atoms with Gasteiger partial charge in [-0.3, -0.25) is 14.4 Å². The van der Waals surface area contributed by atoms with Gasteiger partial charge < -0.3 is 9.64 Å². The lowest BCUT2D eigenvalue weighted by atomic mass is 10.1. The molecule has 20 heavy (non-hydrogen) atoms. The van der Waals surface area contributed by atoms with Crippen LogP contribution in [-0.2, 0) is 14.3 Å². The maximum atomic E-state index is 12.0. The van der Waals surface area contributed by atoms with Crippen molar-refractivity contribution in [3.63, 3.8) is 0 Å². The number of hydrogen-bond donors (Lipinski definition) is 0. The molecule has 0 aromatic heterocycles. The highest BCUT2D eigenvalue weighted by Gasteiger charge is 2.38. The molecule has 106 valence electrons. The first kappa shape index (κ1) is 14.8. The molecule has 5 nitrogen and oxygen atoms in total. The smallest absolute Gasteiger partial charge is 0.305 e. The van der Waals surface area contributed by atoms with Gasteiger partial charge in [0.25, 0.3) is 11.7 Å². The third kappa shape index (κ3) is 2.51. The maximum Gasteiger partial charge on any atom is 0.305 e. The number of ketones is 1. The van der Waals surface area contributed by atoms with Crippen molar-refractivity contribution < 1.29 is 19.1 Å². The van der Waals surface area contributed by atoms with Gasteiger partial charge >= 0.3 is 5.97 Å². The predicted octanol–water partition coefficient (Wildman–Crippen LogP) is 2.48. The zero-order chi connectivity index (χ0) is 14.9. The quantitative estimate of drug-likeness (QED) is 0.632. The normalized spacial score (nSPS) is 13.7. The number of methoxy groups -OCH3 is 1. The molecular weight excluding hydrogens is 305 g/mol. The largest absolute Gasteiger partial charge is 0.469 e. The minimum atomic E-state index is -0.681. The van der Waals surface area contributed by atoms with Gasteiger partial charge in [0.15, 0.2) is 0 Å². The van der Waals surface area contributed by atoms with Crippen LogP contribution in [0.3, 0.4) is 0 Å². The van der Waals surface area contributed by atoms with Gasteiger partial charge in [-0.15, -0.1) is 0 Å². The number of nitrogens with zero attached hydrogens (tertiary/aromatic N) is 1. The molecular formula is C13H11Cl2NO4. The van der Waals surface area contributed by atoms with Crippen LogP contribution in [0.4, 0.5) is 5.69 Å². The van der Waals surface area contributed by atoms with Crippen LogP contribution in [0.5, 0.6) is 0 Å². The first-order valence-electron chi connectivity index (χ1n) is 5.88. The van der Waals surface area contributed by atoms with Crippen LogP contribution < -0.4 is 4.90 Å². The van der Waals surface area contributed by atoms with Crippen LogP contribution in [0.15, 0.2) is 12.1 Å². The van der Waals surface area contributed by atoms with Crippen molar-refractivity contribution in [2.45, 2.75) is 12.8 Å². The highest BCUT2D eigenvalue weighted by atomic mass is 35.5. The standard InChI is InChI=1S/C13H11Cl2NO4/c1-20-9(17)3-2-6-16-11-8(15)5-4-7(14)10(11)12(18)13(16)19/h4-5H,2-3,6H2,1H3. The molecule has 1 aliphatic heterocycles. The van der Waals surface area contributed by atoms with E-state index >= 15 is 0 Å². The monoisotopic (exact) mass is 315 g/mol. The minimum Gasteiger partial charge on any atom is -0.469 e. The first-order chi connectivity index (χ1) is 9.47. The van der Waals surface area contributed by atoms with Gasteiger partial charge in [-0.2, -0.15) is 0 Å². The van der Waals surface area contributed by atoms with E-state index in [4.69, 9.17) is 23.2 Å². The molecule has 0 unspecified atom stereocenters. The number of ether oxygens (including phenoxy) is 1. The summed E-state index contributed by atoms with van der Waals surface area (Å²) in [5.74, 6) is -1.73. The SMILES string of the molecule is COC(=O)CCCN1C(=O)C(=O)c2c(Cl)ccc(Cl)c21. The molecule has 0 spiro atoms. The number of carbonyl (C=O) groups excluding carboxylic acids is 3. The number of Topliss-reactive ketones (excluding diaryl/α,β-unsaturated/α-hetero) is 1. The lowest BCUT2D eigenvalue weighted by molar-refractivity contribution is -0.140. The fourth-order valence-electron chi connectivity index (χ4n) is 2.05. The molecule has 1 aromatic carbocycles. The van der Waals surface area contributed by atoms with Crippen LogP contribution in [0.2, 0.25) is 10.0 Å². The van der Waals surface area contributed by atoms with E-state index in [0.29, 0.717) is 12.1 Å². The Labute approximate surface area is 125 Å². The minimum absolute atomic E-state index is 0.127. The molecule has 1 aliphatic rings. The second-order valence-corrected chi connectivity index (χ2v) is 5.03. The molecule has 1 heterocycles. The predicted molar refractivity (Wildman–Crippen MR) is 74.4 cm³/mol. The van der Waals surface area contributed by atoms with Crippen LogP contribution in [0.1, 0.15) is 23.2 Å².